The number of ether oxygens (including phenoxy) is 1. The molecule has 2 aromatic carbocycles. The maximum Gasteiger partial charge on any atom is 0.267 e. The second-order valence-corrected chi connectivity index (χ2v) is 8.10. The zero-order valence-corrected chi connectivity index (χ0v) is 16.1. The third kappa shape index (κ3) is 5.49. The van der Waals surface area contributed by atoms with Gasteiger partial charge < -0.3 is 4.74 Å². The first-order chi connectivity index (χ1) is 13.6. The van der Waals surface area contributed by atoms with Gasteiger partial charge in [0.2, 0.25) is 10.0 Å². The minimum atomic E-state index is -3.52. The van der Waals surface area contributed by atoms with Crippen molar-refractivity contribution >= 4 is 22.0 Å². The Labute approximate surface area is 164 Å². The number of amides is 1. The number of benzene rings is 2. The van der Waals surface area contributed by atoms with Crippen LogP contribution in [-0.2, 0) is 31.0 Å². The number of hydroxylamine groups is 1. The Morgan fingerprint density at radius 3 is 2.43 bits per heavy atom. The first-order valence-electron chi connectivity index (χ1n) is 8.87. The zero-order valence-electron chi connectivity index (χ0n) is 15.3. The lowest BCUT2D eigenvalue weighted by Gasteiger charge is -2.26. The van der Waals surface area contributed by atoms with Crippen molar-refractivity contribution in [3.8, 4) is 0 Å². The smallest absolute Gasteiger partial charge is 0.267 e. The summed E-state index contributed by atoms with van der Waals surface area (Å²) in [5, 5.41) is 0. The van der Waals surface area contributed by atoms with E-state index in [1.165, 1.54) is 22.5 Å². The summed E-state index contributed by atoms with van der Waals surface area (Å²) < 4.78 is 31.8. The van der Waals surface area contributed by atoms with E-state index < -0.39 is 15.9 Å². The third-order valence-electron chi connectivity index (χ3n) is 4.17. The maximum absolute atomic E-state index is 12.6. The predicted octanol–water partition coefficient (Wildman–Crippen LogP) is 1.97. The standard InChI is InChI=1S/C20H22N2O5S/c23-20(21-27-16-18-4-2-1-3-5-18)11-8-17-6-9-19(10-7-17)28(24,25)22-12-14-26-15-13-22/h1-11H,12-16H2,(H,21,23)/b11-8+. The zero-order chi connectivity index (χ0) is 19.8. The van der Waals surface area contributed by atoms with Crippen LogP contribution in [0.5, 0.6) is 0 Å². The van der Waals surface area contributed by atoms with Crippen molar-refractivity contribution in [1.82, 2.24) is 9.79 Å². The summed E-state index contributed by atoms with van der Waals surface area (Å²) in [5.41, 5.74) is 4.00. The van der Waals surface area contributed by atoms with E-state index in [0.29, 0.717) is 31.9 Å². The van der Waals surface area contributed by atoms with E-state index in [-0.39, 0.29) is 11.5 Å². The number of nitrogens with one attached hydrogen (secondary N) is 1. The predicted molar refractivity (Wildman–Crippen MR) is 104 cm³/mol. The molecule has 0 aromatic heterocycles. The molecule has 1 heterocycles. The van der Waals surface area contributed by atoms with Crippen LogP contribution in [0.1, 0.15) is 11.1 Å². The molecule has 7 nitrogen and oxygen atoms in total. The number of hydrogen-bond acceptors (Lipinski definition) is 5. The van der Waals surface area contributed by atoms with E-state index in [1.54, 1.807) is 18.2 Å². The SMILES string of the molecule is O=C(/C=C/c1ccc(S(=O)(=O)N2CCOCC2)cc1)NOCc1ccccc1. The fraction of sp³-hybridized carbons (Fsp3) is 0.250. The second-order valence-electron chi connectivity index (χ2n) is 6.16. The summed E-state index contributed by atoms with van der Waals surface area (Å²) in [5.74, 6) is -0.402. The van der Waals surface area contributed by atoms with E-state index in [9.17, 15) is 13.2 Å². The Morgan fingerprint density at radius 2 is 1.75 bits per heavy atom. The van der Waals surface area contributed by atoms with Crippen molar-refractivity contribution in [2.75, 3.05) is 26.3 Å². The molecule has 0 spiro atoms. The highest BCUT2D eigenvalue weighted by Gasteiger charge is 2.25. The topological polar surface area (TPSA) is 84.9 Å². The minimum Gasteiger partial charge on any atom is -0.379 e. The number of carbonyl (C=O) groups excluding carboxylic acids is 1. The lowest BCUT2D eigenvalue weighted by molar-refractivity contribution is -0.129. The molecule has 0 saturated carbocycles. The first kappa shape index (κ1) is 20.2. The highest BCUT2D eigenvalue weighted by molar-refractivity contribution is 7.89. The average Bonchev–Trinajstić information content (AvgIpc) is 2.74. The Balaban J connectivity index is 1.52. The van der Waals surface area contributed by atoms with Crippen molar-refractivity contribution < 1.29 is 22.8 Å². The van der Waals surface area contributed by atoms with Gasteiger partial charge in [0.15, 0.2) is 0 Å². The van der Waals surface area contributed by atoms with Crippen molar-refractivity contribution in [2.45, 2.75) is 11.5 Å². The average molecular weight is 402 g/mol. The van der Waals surface area contributed by atoms with Crippen LogP contribution < -0.4 is 5.48 Å². The molecule has 1 saturated heterocycles. The number of rotatable bonds is 7. The van der Waals surface area contributed by atoms with E-state index in [1.807, 2.05) is 30.3 Å². The highest BCUT2D eigenvalue weighted by atomic mass is 32.2. The maximum atomic E-state index is 12.6. The fourth-order valence-corrected chi connectivity index (χ4v) is 4.07. The van der Waals surface area contributed by atoms with Gasteiger partial charge in [-0.15, -0.1) is 0 Å². The van der Waals surface area contributed by atoms with Gasteiger partial charge in [0.1, 0.15) is 0 Å². The Kier molecular flexibility index (Phi) is 6.94. The molecule has 1 fully saturated rings. The molecule has 1 N–H and O–H groups in total. The van der Waals surface area contributed by atoms with E-state index in [2.05, 4.69) is 5.48 Å². The molecule has 148 valence electrons. The monoisotopic (exact) mass is 402 g/mol. The van der Waals surface area contributed by atoms with Gasteiger partial charge in [-0.3, -0.25) is 9.63 Å². The number of sulfonamides is 1. The van der Waals surface area contributed by atoms with E-state index in [4.69, 9.17) is 9.57 Å². The molecular weight excluding hydrogens is 380 g/mol. The van der Waals surface area contributed by atoms with Crippen molar-refractivity contribution in [3.05, 3.63) is 71.8 Å². The van der Waals surface area contributed by atoms with Gasteiger partial charge in [-0.05, 0) is 29.3 Å². The number of nitrogens with zero attached hydrogens (tertiary/aromatic N) is 1. The van der Waals surface area contributed by atoms with Gasteiger partial charge in [-0.2, -0.15) is 4.31 Å². The van der Waals surface area contributed by atoms with Crippen molar-refractivity contribution in [3.63, 3.8) is 0 Å². The van der Waals surface area contributed by atoms with E-state index in [0.717, 1.165) is 5.56 Å². The largest absolute Gasteiger partial charge is 0.379 e. The summed E-state index contributed by atoms with van der Waals surface area (Å²) in [6.45, 7) is 1.79. The summed E-state index contributed by atoms with van der Waals surface area (Å²) in [6.07, 6.45) is 2.92. The molecule has 3 rings (SSSR count). The van der Waals surface area contributed by atoms with Crippen LogP contribution in [0, 0.1) is 0 Å². The van der Waals surface area contributed by atoms with Crippen LogP contribution >= 0.6 is 0 Å². The third-order valence-corrected chi connectivity index (χ3v) is 6.08. The van der Waals surface area contributed by atoms with Crippen LogP contribution in [0.4, 0.5) is 0 Å². The molecule has 2 aromatic rings. The van der Waals surface area contributed by atoms with Crippen LogP contribution in [0.15, 0.2) is 65.6 Å². The molecule has 0 radical (unpaired) electrons. The number of morpholine rings is 1. The normalized spacial score (nSPS) is 15.6. The van der Waals surface area contributed by atoms with Gasteiger partial charge in [0, 0.05) is 19.2 Å². The summed E-state index contributed by atoms with van der Waals surface area (Å²) in [6, 6.07) is 15.9. The molecule has 28 heavy (non-hydrogen) atoms. The molecule has 1 aliphatic heterocycles. The summed E-state index contributed by atoms with van der Waals surface area (Å²) in [7, 11) is -3.52. The van der Waals surface area contributed by atoms with Crippen molar-refractivity contribution in [1.29, 1.82) is 0 Å². The highest BCUT2D eigenvalue weighted by Crippen LogP contribution is 2.18. The summed E-state index contributed by atoms with van der Waals surface area (Å²) >= 11 is 0. The molecule has 0 unspecified atom stereocenters. The lowest BCUT2D eigenvalue weighted by Crippen LogP contribution is -2.40. The van der Waals surface area contributed by atoms with Gasteiger partial charge >= 0.3 is 0 Å². The van der Waals surface area contributed by atoms with Gasteiger partial charge in [0.25, 0.3) is 5.91 Å². The minimum absolute atomic E-state index is 0.224. The Hall–Kier alpha value is -2.52. The lowest BCUT2D eigenvalue weighted by atomic mass is 10.2. The number of carbonyl (C=O) groups is 1. The second kappa shape index (κ2) is 9.61. The van der Waals surface area contributed by atoms with Crippen LogP contribution in [0.2, 0.25) is 0 Å². The van der Waals surface area contributed by atoms with Gasteiger partial charge in [-0.1, -0.05) is 42.5 Å². The number of hydrogen-bond donors (Lipinski definition) is 1. The van der Waals surface area contributed by atoms with Crippen LogP contribution in [0.3, 0.4) is 0 Å². The molecule has 0 aliphatic carbocycles. The van der Waals surface area contributed by atoms with E-state index >= 15 is 0 Å². The Bertz CT molecular complexity index is 905. The Morgan fingerprint density at radius 1 is 1.07 bits per heavy atom. The van der Waals surface area contributed by atoms with Crippen molar-refractivity contribution in [2.24, 2.45) is 0 Å². The van der Waals surface area contributed by atoms with Gasteiger partial charge in [-0.25, -0.2) is 13.9 Å². The molecule has 1 amide bonds. The summed E-state index contributed by atoms with van der Waals surface area (Å²) in [4.78, 5) is 17.2. The molecular formula is C20H22N2O5S. The first-order valence-corrected chi connectivity index (χ1v) is 10.3. The quantitative estimate of drug-likeness (QED) is 0.565. The van der Waals surface area contributed by atoms with Crippen LogP contribution in [0.25, 0.3) is 6.08 Å². The van der Waals surface area contributed by atoms with Crippen LogP contribution in [-0.4, -0.2) is 44.9 Å². The molecule has 0 atom stereocenters. The van der Waals surface area contributed by atoms with Gasteiger partial charge in [0.05, 0.1) is 24.7 Å². The molecule has 8 heteroatoms. The molecule has 0 bridgehead atoms. The molecule has 1 aliphatic rings. The fourth-order valence-electron chi connectivity index (χ4n) is 2.66.